The SMILES string of the molecule is CCNC(CCc1cnn(C)c1)C1CSCCO1. The lowest BCUT2D eigenvalue weighted by atomic mass is 10.0. The van der Waals surface area contributed by atoms with Crippen molar-refractivity contribution in [3.63, 3.8) is 0 Å². The molecule has 0 aromatic carbocycles. The zero-order chi connectivity index (χ0) is 12.8. The van der Waals surface area contributed by atoms with Crippen molar-refractivity contribution in [1.82, 2.24) is 15.1 Å². The van der Waals surface area contributed by atoms with Crippen LogP contribution in [0, 0.1) is 0 Å². The fourth-order valence-corrected chi connectivity index (χ4v) is 3.28. The van der Waals surface area contributed by atoms with Gasteiger partial charge in [0.25, 0.3) is 0 Å². The minimum Gasteiger partial charge on any atom is -0.375 e. The number of hydrogen-bond donors (Lipinski definition) is 1. The van der Waals surface area contributed by atoms with Crippen LogP contribution in [0.3, 0.4) is 0 Å². The van der Waals surface area contributed by atoms with Crippen LogP contribution in [-0.2, 0) is 18.2 Å². The summed E-state index contributed by atoms with van der Waals surface area (Å²) < 4.78 is 7.75. The van der Waals surface area contributed by atoms with Crippen LogP contribution >= 0.6 is 11.8 Å². The van der Waals surface area contributed by atoms with Crippen LogP contribution in [0.4, 0.5) is 0 Å². The summed E-state index contributed by atoms with van der Waals surface area (Å²) in [6.45, 7) is 4.05. The Labute approximate surface area is 113 Å². The monoisotopic (exact) mass is 269 g/mol. The molecule has 1 aromatic heterocycles. The maximum absolute atomic E-state index is 5.88. The number of aromatic nitrogens is 2. The van der Waals surface area contributed by atoms with Gasteiger partial charge in [-0.3, -0.25) is 4.68 Å². The van der Waals surface area contributed by atoms with Gasteiger partial charge in [0.2, 0.25) is 0 Å². The number of hydrogen-bond acceptors (Lipinski definition) is 4. The minimum atomic E-state index is 0.361. The normalized spacial score (nSPS) is 22.0. The molecule has 2 heterocycles. The fraction of sp³-hybridized carbons (Fsp3) is 0.769. The molecule has 0 amide bonds. The largest absolute Gasteiger partial charge is 0.375 e. The van der Waals surface area contributed by atoms with E-state index in [0.717, 1.165) is 37.5 Å². The van der Waals surface area contributed by atoms with E-state index in [2.05, 4.69) is 23.5 Å². The van der Waals surface area contributed by atoms with Crippen LogP contribution in [0.25, 0.3) is 0 Å². The molecule has 1 aliphatic rings. The Morgan fingerprint density at radius 1 is 1.67 bits per heavy atom. The lowest BCUT2D eigenvalue weighted by molar-refractivity contribution is 0.0453. The second-order valence-corrected chi connectivity index (χ2v) is 5.86. The highest BCUT2D eigenvalue weighted by Crippen LogP contribution is 2.18. The fourth-order valence-electron chi connectivity index (χ4n) is 2.34. The van der Waals surface area contributed by atoms with Gasteiger partial charge >= 0.3 is 0 Å². The highest BCUT2D eigenvalue weighted by Gasteiger charge is 2.23. The van der Waals surface area contributed by atoms with Gasteiger partial charge in [-0.15, -0.1) is 0 Å². The molecule has 1 fully saturated rings. The second kappa shape index (κ2) is 7.16. The van der Waals surface area contributed by atoms with Crippen molar-refractivity contribution >= 4 is 11.8 Å². The summed E-state index contributed by atoms with van der Waals surface area (Å²) in [5.41, 5.74) is 1.31. The Morgan fingerprint density at radius 2 is 2.56 bits per heavy atom. The van der Waals surface area contributed by atoms with Crippen LogP contribution in [-0.4, -0.2) is 46.6 Å². The first-order valence-corrected chi connectivity index (χ1v) is 7.85. The number of aryl methyl sites for hydroxylation is 2. The molecule has 18 heavy (non-hydrogen) atoms. The molecule has 1 saturated heterocycles. The predicted octanol–water partition coefficient (Wildman–Crippen LogP) is 1.46. The van der Waals surface area contributed by atoms with Gasteiger partial charge in [0.15, 0.2) is 0 Å². The van der Waals surface area contributed by atoms with E-state index in [9.17, 15) is 0 Å². The standard InChI is InChI=1S/C13H23N3OS/c1-3-14-12(13-10-18-7-6-17-13)5-4-11-8-15-16(2)9-11/h8-9,12-14H,3-7,10H2,1-2H3. The molecule has 2 atom stereocenters. The van der Waals surface area contributed by atoms with Crippen LogP contribution in [0.5, 0.6) is 0 Å². The molecule has 0 spiro atoms. The molecule has 0 saturated carbocycles. The van der Waals surface area contributed by atoms with E-state index in [0.29, 0.717) is 12.1 Å². The zero-order valence-electron chi connectivity index (χ0n) is 11.3. The van der Waals surface area contributed by atoms with E-state index >= 15 is 0 Å². The maximum atomic E-state index is 5.88. The average Bonchev–Trinajstić information content (AvgIpc) is 2.81. The van der Waals surface area contributed by atoms with Crippen molar-refractivity contribution in [1.29, 1.82) is 0 Å². The first-order valence-electron chi connectivity index (χ1n) is 6.70. The molecule has 102 valence electrons. The molecular weight excluding hydrogens is 246 g/mol. The molecule has 0 bridgehead atoms. The summed E-state index contributed by atoms with van der Waals surface area (Å²) in [4.78, 5) is 0. The Morgan fingerprint density at radius 3 is 3.17 bits per heavy atom. The molecule has 1 aliphatic heterocycles. The van der Waals surface area contributed by atoms with Gasteiger partial charge in [-0.1, -0.05) is 6.92 Å². The van der Waals surface area contributed by atoms with E-state index in [-0.39, 0.29) is 0 Å². The van der Waals surface area contributed by atoms with E-state index < -0.39 is 0 Å². The molecule has 2 rings (SSSR count). The van der Waals surface area contributed by atoms with Gasteiger partial charge in [0.05, 0.1) is 18.9 Å². The maximum Gasteiger partial charge on any atom is 0.0818 e. The Bertz CT molecular complexity index is 350. The molecule has 2 unspecified atom stereocenters. The van der Waals surface area contributed by atoms with Crippen LogP contribution in [0.1, 0.15) is 18.9 Å². The molecular formula is C13H23N3OS. The third-order valence-electron chi connectivity index (χ3n) is 3.26. The van der Waals surface area contributed by atoms with E-state index in [1.807, 2.05) is 29.7 Å². The summed E-state index contributed by atoms with van der Waals surface area (Å²) in [6.07, 6.45) is 6.60. The van der Waals surface area contributed by atoms with Gasteiger partial charge in [-0.25, -0.2) is 0 Å². The molecule has 0 radical (unpaired) electrons. The third kappa shape index (κ3) is 4.00. The third-order valence-corrected chi connectivity index (χ3v) is 4.28. The lowest BCUT2D eigenvalue weighted by Gasteiger charge is -2.30. The number of nitrogens with zero attached hydrogens (tertiary/aromatic N) is 2. The summed E-state index contributed by atoms with van der Waals surface area (Å²) in [5.74, 6) is 2.25. The zero-order valence-corrected chi connectivity index (χ0v) is 12.1. The smallest absolute Gasteiger partial charge is 0.0818 e. The first-order chi connectivity index (χ1) is 8.79. The quantitative estimate of drug-likeness (QED) is 0.849. The minimum absolute atomic E-state index is 0.361. The number of likely N-dealkylation sites (N-methyl/N-ethyl adjacent to an activating group) is 1. The number of nitrogens with one attached hydrogen (secondary N) is 1. The second-order valence-electron chi connectivity index (χ2n) is 4.71. The summed E-state index contributed by atoms with van der Waals surface area (Å²) in [5, 5.41) is 7.78. The van der Waals surface area contributed by atoms with Crippen molar-refractivity contribution in [2.45, 2.75) is 31.9 Å². The van der Waals surface area contributed by atoms with Crippen molar-refractivity contribution < 1.29 is 4.74 Å². The molecule has 4 nitrogen and oxygen atoms in total. The van der Waals surface area contributed by atoms with Gasteiger partial charge in [0, 0.05) is 30.8 Å². The van der Waals surface area contributed by atoms with Gasteiger partial charge in [-0.2, -0.15) is 16.9 Å². The van der Waals surface area contributed by atoms with Gasteiger partial charge < -0.3 is 10.1 Å². The Kier molecular flexibility index (Phi) is 5.53. The van der Waals surface area contributed by atoms with Crippen LogP contribution in [0.15, 0.2) is 12.4 Å². The lowest BCUT2D eigenvalue weighted by Crippen LogP contribution is -2.45. The van der Waals surface area contributed by atoms with Crippen LogP contribution < -0.4 is 5.32 Å². The van der Waals surface area contributed by atoms with Gasteiger partial charge in [0.1, 0.15) is 0 Å². The van der Waals surface area contributed by atoms with E-state index in [1.54, 1.807) is 0 Å². The Hall–Kier alpha value is -0.520. The predicted molar refractivity (Wildman–Crippen MR) is 76.1 cm³/mol. The highest BCUT2D eigenvalue weighted by atomic mass is 32.2. The summed E-state index contributed by atoms with van der Waals surface area (Å²) in [7, 11) is 1.96. The van der Waals surface area contributed by atoms with Gasteiger partial charge in [-0.05, 0) is 24.9 Å². The number of rotatable bonds is 6. The van der Waals surface area contributed by atoms with Crippen molar-refractivity contribution in [3.8, 4) is 0 Å². The number of thioether (sulfide) groups is 1. The average molecular weight is 269 g/mol. The molecule has 1 N–H and O–H groups in total. The summed E-state index contributed by atoms with van der Waals surface area (Å²) in [6, 6.07) is 0.461. The topological polar surface area (TPSA) is 39.1 Å². The Balaban J connectivity index is 1.85. The molecule has 5 heteroatoms. The van der Waals surface area contributed by atoms with Crippen molar-refractivity contribution in [2.75, 3.05) is 24.7 Å². The van der Waals surface area contributed by atoms with Crippen molar-refractivity contribution in [2.24, 2.45) is 7.05 Å². The van der Waals surface area contributed by atoms with E-state index in [4.69, 9.17) is 4.74 Å². The highest BCUT2D eigenvalue weighted by molar-refractivity contribution is 7.99. The first kappa shape index (κ1) is 13.9. The number of ether oxygens (including phenoxy) is 1. The molecule has 0 aliphatic carbocycles. The van der Waals surface area contributed by atoms with Crippen LogP contribution in [0.2, 0.25) is 0 Å². The molecule has 1 aromatic rings. The van der Waals surface area contributed by atoms with E-state index in [1.165, 1.54) is 5.56 Å². The summed E-state index contributed by atoms with van der Waals surface area (Å²) >= 11 is 2.00. The van der Waals surface area contributed by atoms with Crippen molar-refractivity contribution in [3.05, 3.63) is 18.0 Å².